The highest BCUT2D eigenvalue weighted by Crippen LogP contribution is 2.22. The molecule has 0 aliphatic carbocycles. The molecule has 1 aromatic carbocycles. The summed E-state index contributed by atoms with van der Waals surface area (Å²) in [7, 11) is 0. The Morgan fingerprint density at radius 1 is 1.15 bits per heavy atom. The highest BCUT2D eigenvalue weighted by atomic mass is 19.4. The van der Waals surface area contributed by atoms with Gasteiger partial charge in [0.05, 0.1) is 6.61 Å². The van der Waals surface area contributed by atoms with Crippen LogP contribution in [0.4, 0.5) is 18.9 Å². The molecule has 1 heterocycles. The Balaban J connectivity index is 1.83. The van der Waals surface area contributed by atoms with Crippen molar-refractivity contribution in [1.82, 2.24) is 5.32 Å². The van der Waals surface area contributed by atoms with Gasteiger partial charge in [-0.15, -0.1) is 13.2 Å². The Kier molecular flexibility index (Phi) is 5.08. The molecule has 112 valence electrons. The number of anilines is 1. The predicted octanol–water partition coefficient (Wildman–Crippen LogP) is 2.01. The molecule has 1 N–H and O–H groups in total. The van der Waals surface area contributed by atoms with Crippen molar-refractivity contribution in [3.05, 3.63) is 24.3 Å². The Bertz CT molecular complexity index is 420. The summed E-state index contributed by atoms with van der Waals surface area (Å²) in [5.74, 6) is 0.548. The van der Waals surface area contributed by atoms with E-state index >= 15 is 0 Å². The Hall–Kier alpha value is -1.47. The van der Waals surface area contributed by atoms with Gasteiger partial charge in [0, 0.05) is 37.9 Å². The molecular weight excluding hydrogens is 273 g/mol. The van der Waals surface area contributed by atoms with E-state index in [0.29, 0.717) is 5.75 Å². The molecule has 0 spiro atoms. The van der Waals surface area contributed by atoms with Gasteiger partial charge in [0.1, 0.15) is 12.4 Å². The van der Waals surface area contributed by atoms with Crippen LogP contribution >= 0.6 is 0 Å². The molecule has 0 radical (unpaired) electrons. The zero-order valence-electron chi connectivity index (χ0n) is 10.9. The van der Waals surface area contributed by atoms with Crippen molar-refractivity contribution in [2.75, 3.05) is 44.3 Å². The topological polar surface area (TPSA) is 33.7 Å². The highest BCUT2D eigenvalue weighted by Gasteiger charge is 2.28. The van der Waals surface area contributed by atoms with Gasteiger partial charge < -0.3 is 15.0 Å². The van der Waals surface area contributed by atoms with E-state index in [0.717, 1.165) is 31.9 Å². The van der Waals surface area contributed by atoms with Gasteiger partial charge in [-0.3, -0.25) is 4.74 Å². The minimum absolute atomic E-state index is 0.134. The molecule has 4 nitrogen and oxygen atoms in total. The van der Waals surface area contributed by atoms with Crippen LogP contribution in [0.1, 0.15) is 0 Å². The molecular formula is C13H17F3N2O2. The van der Waals surface area contributed by atoms with Gasteiger partial charge in [-0.1, -0.05) is 6.07 Å². The third-order valence-electron chi connectivity index (χ3n) is 2.92. The predicted molar refractivity (Wildman–Crippen MR) is 69.0 cm³/mol. The molecule has 0 unspecified atom stereocenters. The lowest BCUT2D eigenvalue weighted by Gasteiger charge is -2.29. The third-order valence-corrected chi connectivity index (χ3v) is 2.92. The fraction of sp³-hybridized carbons (Fsp3) is 0.538. The van der Waals surface area contributed by atoms with Crippen LogP contribution in [0.2, 0.25) is 0 Å². The van der Waals surface area contributed by atoms with Gasteiger partial charge in [0.25, 0.3) is 0 Å². The van der Waals surface area contributed by atoms with Gasteiger partial charge in [0.2, 0.25) is 0 Å². The summed E-state index contributed by atoms with van der Waals surface area (Å²) in [5, 5.41) is 3.26. The maximum atomic E-state index is 11.8. The monoisotopic (exact) mass is 290 g/mol. The number of nitrogens with zero attached hydrogens (tertiary/aromatic N) is 1. The minimum Gasteiger partial charge on any atom is -0.491 e. The number of hydrogen-bond acceptors (Lipinski definition) is 4. The smallest absolute Gasteiger partial charge is 0.491 e. The van der Waals surface area contributed by atoms with E-state index in [1.165, 1.54) is 0 Å². The zero-order valence-corrected chi connectivity index (χ0v) is 10.9. The first-order valence-corrected chi connectivity index (χ1v) is 6.44. The second kappa shape index (κ2) is 6.81. The van der Waals surface area contributed by atoms with E-state index in [1.54, 1.807) is 6.07 Å². The van der Waals surface area contributed by atoms with Crippen LogP contribution in [0.25, 0.3) is 0 Å². The standard InChI is InChI=1S/C13H17F3N2O2/c14-13(15,16)20-9-8-19-12-3-1-2-11(10-12)18-6-4-17-5-7-18/h1-3,10,17H,4-9H2. The van der Waals surface area contributed by atoms with Crippen molar-refractivity contribution in [2.24, 2.45) is 0 Å². The molecule has 1 aliphatic heterocycles. The van der Waals surface area contributed by atoms with Crippen molar-refractivity contribution in [3.63, 3.8) is 0 Å². The highest BCUT2D eigenvalue weighted by molar-refractivity contribution is 5.51. The van der Waals surface area contributed by atoms with Crippen LogP contribution in [0, 0.1) is 0 Å². The van der Waals surface area contributed by atoms with Crippen LogP contribution in [0.5, 0.6) is 5.75 Å². The second-order valence-electron chi connectivity index (χ2n) is 4.38. The lowest BCUT2D eigenvalue weighted by atomic mass is 10.2. The summed E-state index contributed by atoms with van der Waals surface area (Å²) < 4.78 is 44.3. The number of rotatable bonds is 5. The van der Waals surface area contributed by atoms with Crippen LogP contribution in [0.15, 0.2) is 24.3 Å². The number of hydrogen-bond donors (Lipinski definition) is 1. The summed E-state index contributed by atoms with van der Waals surface area (Å²) in [5.41, 5.74) is 1.01. The molecule has 0 atom stereocenters. The summed E-state index contributed by atoms with van der Waals surface area (Å²) in [6, 6.07) is 7.35. The van der Waals surface area contributed by atoms with Crippen LogP contribution < -0.4 is 15.0 Å². The third kappa shape index (κ3) is 4.90. The molecule has 0 amide bonds. The van der Waals surface area contributed by atoms with E-state index in [-0.39, 0.29) is 6.61 Å². The summed E-state index contributed by atoms with van der Waals surface area (Å²) in [6.07, 6.45) is -4.61. The molecule has 1 aliphatic rings. The van der Waals surface area contributed by atoms with Crippen molar-refractivity contribution >= 4 is 5.69 Å². The number of nitrogens with one attached hydrogen (secondary N) is 1. The molecule has 1 fully saturated rings. The van der Waals surface area contributed by atoms with E-state index in [9.17, 15) is 13.2 Å². The average molecular weight is 290 g/mol. The number of piperazine rings is 1. The molecule has 2 rings (SSSR count). The number of ether oxygens (including phenoxy) is 2. The maximum absolute atomic E-state index is 11.8. The summed E-state index contributed by atoms with van der Waals surface area (Å²) >= 11 is 0. The molecule has 1 aromatic rings. The van der Waals surface area contributed by atoms with Crippen molar-refractivity contribution in [3.8, 4) is 5.75 Å². The zero-order chi connectivity index (χ0) is 14.4. The number of benzene rings is 1. The molecule has 7 heteroatoms. The molecule has 20 heavy (non-hydrogen) atoms. The van der Waals surface area contributed by atoms with Gasteiger partial charge in [0.15, 0.2) is 0 Å². The fourth-order valence-corrected chi connectivity index (χ4v) is 2.01. The summed E-state index contributed by atoms with van der Waals surface area (Å²) in [6.45, 7) is 3.00. The van der Waals surface area contributed by atoms with Crippen molar-refractivity contribution in [2.45, 2.75) is 6.36 Å². The van der Waals surface area contributed by atoms with Gasteiger partial charge in [-0.2, -0.15) is 0 Å². The van der Waals surface area contributed by atoms with Crippen molar-refractivity contribution < 1.29 is 22.6 Å². The SMILES string of the molecule is FC(F)(F)OCCOc1cccc(N2CCNCC2)c1. The quantitative estimate of drug-likeness (QED) is 0.841. The van der Waals surface area contributed by atoms with Gasteiger partial charge >= 0.3 is 6.36 Å². The first kappa shape index (κ1) is 14.9. The first-order chi connectivity index (χ1) is 9.54. The Morgan fingerprint density at radius 2 is 1.90 bits per heavy atom. The fourth-order valence-electron chi connectivity index (χ4n) is 2.01. The first-order valence-electron chi connectivity index (χ1n) is 6.44. The Morgan fingerprint density at radius 3 is 2.60 bits per heavy atom. The van der Waals surface area contributed by atoms with E-state index in [4.69, 9.17) is 4.74 Å². The minimum atomic E-state index is -4.61. The second-order valence-corrected chi connectivity index (χ2v) is 4.38. The molecule has 0 bridgehead atoms. The number of halogens is 3. The van der Waals surface area contributed by atoms with Crippen LogP contribution in [-0.4, -0.2) is 45.8 Å². The van der Waals surface area contributed by atoms with Crippen molar-refractivity contribution in [1.29, 1.82) is 0 Å². The maximum Gasteiger partial charge on any atom is 0.522 e. The van der Waals surface area contributed by atoms with E-state index in [1.807, 2.05) is 18.2 Å². The van der Waals surface area contributed by atoms with Gasteiger partial charge in [-0.25, -0.2) is 0 Å². The number of alkyl halides is 3. The molecule has 1 saturated heterocycles. The Labute approximate surface area is 115 Å². The van der Waals surface area contributed by atoms with Gasteiger partial charge in [-0.05, 0) is 12.1 Å². The lowest BCUT2D eigenvalue weighted by molar-refractivity contribution is -0.325. The van der Waals surface area contributed by atoms with Crippen LogP contribution in [-0.2, 0) is 4.74 Å². The summed E-state index contributed by atoms with van der Waals surface area (Å²) in [4.78, 5) is 2.20. The van der Waals surface area contributed by atoms with Crippen LogP contribution in [0.3, 0.4) is 0 Å². The van der Waals surface area contributed by atoms with E-state index < -0.39 is 13.0 Å². The van der Waals surface area contributed by atoms with E-state index in [2.05, 4.69) is 15.0 Å². The normalized spacial score (nSPS) is 16.2. The average Bonchev–Trinajstić information content (AvgIpc) is 2.44. The molecule has 0 aromatic heterocycles. The lowest BCUT2D eigenvalue weighted by Crippen LogP contribution is -2.43. The largest absolute Gasteiger partial charge is 0.522 e. The molecule has 0 saturated carbocycles.